The summed E-state index contributed by atoms with van der Waals surface area (Å²) in [6.07, 6.45) is -0.466. The van der Waals surface area contributed by atoms with Gasteiger partial charge in [0.15, 0.2) is 0 Å². The highest BCUT2D eigenvalue weighted by molar-refractivity contribution is 9.10. The van der Waals surface area contributed by atoms with Gasteiger partial charge in [-0.15, -0.1) is 0 Å². The molecule has 0 spiro atoms. The van der Waals surface area contributed by atoms with Gasteiger partial charge in [0.2, 0.25) is 0 Å². The van der Waals surface area contributed by atoms with Gasteiger partial charge in [0.25, 0.3) is 0 Å². The Hall–Kier alpha value is -0.910. The van der Waals surface area contributed by atoms with Crippen LogP contribution in [0.2, 0.25) is 0 Å². The van der Waals surface area contributed by atoms with Crippen LogP contribution in [0.25, 0.3) is 0 Å². The number of rotatable bonds is 4. The molecule has 0 aliphatic heterocycles. The second-order valence-corrected chi connectivity index (χ2v) is 6.11. The van der Waals surface area contributed by atoms with Crippen LogP contribution < -0.4 is 4.74 Å². The summed E-state index contributed by atoms with van der Waals surface area (Å²) < 4.78 is 20.2. The van der Waals surface area contributed by atoms with Crippen molar-refractivity contribution in [1.29, 1.82) is 0 Å². The fourth-order valence-corrected chi connectivity index (χ4v) is 2.73. The van der Waals surface area contributed by atoms with E-state index in [0.29, 0.717) is 23.3 Å². The lowest BCUT2D eigenvalue weighted by Crippen LogP contribution is -2.05. The van der Waals surface area contributed by atoms with Crippen molar-refractivity contribution in [2.75, 3.05) is 7.11 Å². The molecular formula is C15H13Br2FO2. The molecule has 2 nitrogen and oxygen atoms in total. The number of methoxy groups -OCH3 is 1. The molecular weight excluding hydrogens is 391 g/mol. The average molecular weight is 404 g/mol. The van der Waals surface area contributed by atoms with Gasteiger partial charge >= 0.3 is 0 Å². The Kier molecular flexibility index (Phi) is 5.18. The summed E-state index contributed by atoms with van der Waals surface area (Å²) >= 11 is 6.72. The highest BCUT2D eigenvalue weighted by atomic mass is 79.9. The van der Waals surface area contributed by atoms with Gasteiger partial charge in [0.1, 0.15) is 11.6 Å². The molecule has 106 valence electrons. The molecule has 0 amide bonds. The highest BCUT2D eigenvalue weighted by Gasteiger charge is 2.16. The van der Waals surface area contributed by atoms with E-state index in [9.17, 15) is 9.50 Å². The summed E-state index contributed by atoms with van der Waals surface area (Å²) in [6.45, 7) is 0. The Morgan fingerprint density at radius 1 is 1.20 bits per heavy atom. The molecule has 0 aliphatic rings. The number of aliphatic hydroxyl groups is 1. The van der Waals surface area contributed by atoms with Gasteiger partial charge in [-0.05, 0) is 35.9 Å². The van der Waals surface area contributed by atoms with Gasteiger partial charge in [-0.2, -0.15) is 0 Å². The summed E-state index contributed by atoms with van der Waals surface area (Å²) in [5, 5.41) is 10.4. The van der Waals surface area contributed by atoms with E-state index in [-0.39, 0.29) is 5.82 Å². The Bertz CT molecular complexity index is 617. The van der Waals surface area contributed by atoms with Crippen LogP contribution in [-0.2, 0) is 6.42 Å². The fourth-order valence-electron chi connectivity index (χ4n) is 1.98. The van der Waals surface area contributed by atoms with E-state index in [0.717, 1.165) is 8.95 Å². The van der Waals surface area contributed by atoms with Crippen LogP contribution in [0.3, 0.4) is 0 Å². The summed E-state index contributed by atoms with van der Waals surface area (Å²) in [5.41, 5.74) is 1.38. The minimum absolute atomic E-state index is 0.302. The molecule has 5 heteroatoms. The zero-order valence-electron chi connectivity index (χ0n) is 10.7. The number of hydrogen-bond acceptors (Lipinski definition) is 2. The lowest BCUT2D eigenvalue weighted by Gasteiger charge is -2.16. The fraction of sp³-hybridized carbons (Fsp3) is 0.200. The Morgan fingerprint density at radius 3 is 2.65 bits per heavy atom. The van der Waals surface area contributed by atoms with E-state index in [1.165, 1.54) is 12.1 Å². The summed E-state index contributed by atoms with van der Waals surface area (Å²) in [4.78, 5) is 0. The van der Waals surface area contributed by atoms with E-state index in [1.54, 1.807) is 25.3 Å². The van der Waals surface area contributed by atoms with Crippen molar-refractivity contribution in [3.63, 3.8) is 0 Å². The third-order valence-corrected chi connectivity index (χ3v) is 4.24. The monoisotopic (exact) mass is 402 g/mol. The van der Waals surface area contributed by atoms with Crippen LogP contribution in [0.1, 0.15) is 17.2 Å². The third-order valence-electron chi connectivity index (χ3n) is 2.98. The smallest absolute Gasteiger partial charge is 0.125 e. The quantitative estimate of drug-likeness (QED) is 0.805. The lowest BCUT2D eigenvalue weighted by atomic mass is 10.0. The zero-order valence-corrected chi connectivity index (χ0v) is 13.9. The molecule has 2 aromatic rings. The number of aliphatic hydroxyl groups excluding tert-OH is 1. The predicted molar refractivity (Wildman–Crippen MR) is 83.5 cm³/mol. The van der Waals surface area contributed by atoms with E-state index >= 15 is 0 Å². The van der Waals surface area contributed by atoms with E-state index in [2.05, 4.69) is 31.9 Å². The summed E-state index contributed by atoms with van der Waals surface area (Å²) in [5.74, 6) is 0.276. The van der Waals surface area contributed by atoms with Crippen LogP contribution in [0, 0.1) is 5.82 Å². The van der Waals surface area contributed by atoms with Crippen LogP contribution >= 0.6 is 31.9 Å². The maximum atomic E-state index is 13.3. The second-order valence-electron chi connectivity index (χ2n) is 4.34. The summed E-state index contributed by atoms with van der Waals surface area (Å²) in [6, 6.07) is 9.84. The van der Waals surface area contributed by atoms with Crippen LogP contribution in [-0.4, -0.2) is 12.2 Å². The Labute approximate surface area is 133 Å². The minimum Gasteiger partial charge on any atom is -0.496 e. The molecule has 0 saturated heterocycles. The van der Waals surface area contributed by atoms with E-state index in [1.807, 2.05) is 6.07 Å². The standard InChI is InChI=1S/C15H13Br2FO2/c1-20-15-8-10(16)2-4-12(15)14(19)7-9-6-11(18)3-5-13(9)17/h2-6,8,14,19H,7H2,1H3. The molecule has 20 heavy (non-hydrogen) atoms. The molecule has 0 bridgehead atoms. The van der Waals surface area contributed by atoms with Gasteiger partial charge in [0, 0.05) is 20.9 Å². The van der Waals surface area contributed by atoms with Gasteiger partial charge < -0.3 is 9.84 Å². The predicted octanol–water partition coefficient (Wildman–Crippen LogP) is 4.64. The van der Waals surface area contributed by atoms with Crippen LogP contribution in [0.5, 0.6) is 5.75 Å². The van der Waals surface area contributed by atoms with Crippen molar-refractivity contribution < 1.29 is 14.2 Å². The number of halogens is 3. The van der Waals surface area contributed by atoms with Crippen LogP contribution in [0.15, 0.2) is 45.3 Å². The number of hydrogen-bond donors (Lipinski definition) is 1. The van der Waals surface area contributed by atoms with Gasteiger partial charge in [-0.1, -0.05) is 37.9 Å². The van der Waals surface area contributed by atoms with Gasteiger partial charge in [0.05, 0.1) is 13.2 Å². The largest absolute Gasteiger partial charge is 0.496 e. The van der Waals surface area contributed by atoms with Crippen LogP contribution in [0.4, 0.5) is 4.39 Å². The maximum Gasteiger partial charge on any atom is 0.125 e. The van der Waals surface area contributed by atoms with E-state index < -0.39 is 6.10 Å². The normalized spacial score (nSPS) is 12.2. The Balaban J connectivity index is 2.28. The first-order valence-electron chi connectivity index (χ1n) is 5.96. The average Bonchev–Trinajstić information content (AvgIpc) is 2.42. The molecule has 0 aromatic heterocycles. The van der Waals surface area contributed by atoms with Gasteiger partial charge in [-0.3, -0.25) is 0 Å². The molecule has 1 N–H and O–H groups in total. The lowest BCUT2D eigenvalue weighted by molar-refractivity contribution is 0.173. The highest BCUT2D eigenvalue weighted by Crippen LogP contribution is 2.32. The number of benzene rings is 2. The van der Waals surface area contributed by atoms with Gasteiger partial charge in [-0.25, -0.2) is 4.39 Å². The Morgan fingerprint density at radius 2 is 1.95 bits per heavy atom. The summed E-state index contributed by atoms with van der Waals surface area (Å²) in [7, 11) is 1.55. The SMILES string of the molecule is COc1cc(Br)ccc1C(O)Cc1cc(F)ccc1Br. The molecule has 2 aromatic carbocycles. The zero-order chi connectivity index (χ0) is 14.7. The van der Waals surface area contributed by atoms with Crippen molar-refractivity contribution >= 4 is 31.9 Å². The van der Waals surface area contributed by atoms with Crippen molar-refractivity contribution in [2.45, 2.75) is 12.5 Å². The molecule has 0 saturated carbocycles. The molecule has 1 unspecified atom stereocenters. The van der Waals surface area contributed by atoms with Crippen molar-refractivity contribution in [3.05, 3.63) is 62.3 Å². The second kappa shape index (κ2) is 6.70. The number of ether oxygens (including phenoxy) is 1. The van der Waals surface area contributed by atoms with E-state index in [4.69, 9.17) is 4.74 Å². The van der Waals surface area contributed by atoms with Crippen molar-refractivity contribution in [1.82, 2.24) is 0 Å². The van der Waals surface area contributed by atoms with Crippen molar-refractivity contribution in [3.8, 4) is 5.75 Å². The molecule has 0 heterocycles. The first kappa shape index (κ1) is 15.5. The minimum atomic E-state index is -0.767. The molecule has 0 aliphatic carbocycles. The topological polar surface area (TPSA) is 29.5 Å². The first-order chi connectivity index (χ1) is 9.51. The van der Waals surface area contributed by atoms with Crippen molar-refractivity contribution in [2.24, 2.45) is 0 Å². The maximum absolute atomic E-state index is 13.3. The molecule has 2 rings (SSSR count). The third kappa shape index (κ3) is 3.59. The molecule has 0 fully saturated rings. The molecule has 0 radical (unpaired) electrons. The molecule has 1 atom stereocenters. The first-order valence-corrected chi connectivity index (χ1v) is 7.55.